The molecule has 5 heteroatoms. The van der Waals surface area contributed by atoms with Gasteiger partial charge >= 0.3 is 0 Å². The van der Waals surface area contributed by atoms with Gasteiger partial charge in [0.2, 0.25) is 5.78 Å². The maximum atomic E-state index is 11.8. The molecule has 5 nitrogen and oxygen atoms in total. The Morgan fingerprint density at radius 1 is 1.18 bits per heavy atom. The second-order valence-corrected chi connectivity index (χ2v) is 4.13. The smallest absolute Gasteiger partial charge is 0.288 e. The van der Waals surface area contributed by atoms with Gasteiger partial charge in [-0.2, -0.15) is 0 Å². The summed E-state index contributed by atoms with van der Waals surface area (Å²) in [5.74, 6) is -1.47. The molecule has 0 saturated carbocycles. The Bertz CT molecular complexity index is 277. The molecule has 0 aliphatic heterocycles. The van der Waals surface area contributed by atoms with Crippen molar-refractivity contribution in [2.75, 3.05) is 20.1 Å². The van der Waals surface area contributed by atoms with Crippen LogP contribution in [0.3, 0.4) is 0 Å². The highest BCUT2D eigenvalue weighted by molar-refractivity contribution is 6.37. The molecule has 17 heavy (non-hydrogen) atoms. The highest BCUT2D eigenvalue weighted by Gasteiger charge is 2.23. The van der Waals surface area contributed by atoms with Crippen LogP contribution in [0.5, 0.6) is 0 Å². The molecule has 0 aliphatic carbocycles. The molecular formula is C12H22N2O3. The van der Waals surface area contributed by atoms with Crippen LogP contribution in [-0.4, -0.2) is 37.6 Å². The molecule has 2 N–H and O–H groups in total. The number of carbonyl (C=O) groups is 3. The third kappa shape index (κ3) is 6.84. The normalized spacial score (nSPS) is 11.9. The molecule has 1 amide bonds. The molecule has 1 atom stereocenters. The predicted octanol–water partition coefficient (Wildman–Crippen LogP) is 0.287. The first-order valence-electron chi connectivity index (χ1n) is 5.99. The van der Waals surface area contributed by atoms with Crippen LogP contribution in [0, 0.1) is 5.92 Å². The Morgan fingerprint density at radius 3 is 2.29 bits per heavy atom. The van der Waals surface area contributed by atoms with E-state index in [1.54, 1.807) is 0 Å². The van der Waals surface area contributed by atoms with Crippen molar-refractivity contribution in [2.24, 2.45) is 5.92 Å². The van der Waals surface area contributed by atoms with Crippen molar-refractivity contribution in [3.63, 3.8) is 0 Å². The van der Waals surface area contributed by atoms with Crippen LogP contribution >= 0.6 is 0 Å². The van der Waals surface area contributed by atoms with Crippen LogP contribution in [0.2, 0.25) is 0 Å². The lowest BCUT2D eigenvalue weighted by Gasteiger charge is -2.13. The Balaban J connectivity index is 4.27. The summed E-state index contributed by atoms with van der Waals surface area (Å²) in [4.78, 5) is 34.0. The van der Waals surface area contributed by atoms with Crippen molar-refractivity contribution in [3.05, 3.63) is 0 Å². The van der Waals surface area contributed by atoms with Gasteiger partial charge in [0.05, 0.1) is 6.54 Å². The van der Waals surface area contributed by atoms with Crippen LogP contribution in [0.25, 0.3) is 0 Å². The molecule has 98 valence electrons. The number of carbonyl (C=O) groups excluding carboxylic acids is 3. The van der Waals surface area contributed by atoms with Gasteiger partial charge < -0.3 is 10.6 Å². The molecule has 0 aromatic rings. The summed E-state index contributed by atoms with van der Waals surface area (Å²) in [6.07, 6.45) is 2.21. The fourth-order valence-corrected chi connectivity index (χ4v) is 1.55. The molecule has 0 spiro atoms. The number of amides is 1. The second-order valence-electron chi connectivity index (χ2n) is 4.13. The van der Waals surface area contributed by atoms with E-state index in [0.29, 0.717) is 19.4 Å². The number of ketones is 2. The van der Waals surface area contributed by atoms with Gasteiger partial charge in [0, 0.05) is 5.92 Å². The summed E-state index contributed by atoms with van der Waals surface area (Å²) in [6.45, 7) is 3.98. The summed E-state index contributed by atoms with van der Waals surface area (Å²) < 4.78 is 0. The van der Waals surface area contributed by atoms with E-state index in [-0.39, 0.29) is 18.2 Å². The largest absolute Gasteiger partial charge is 0.342 e. The van der Waals surface area contributed by atoms with Crippen LogP contribution in [0.15, 0.2) is 0 Å². The molecule has 0 bridgehead atoms. The number of nitrogens with one attached hydrogen (secondary N) is 2. The molecule has 0 aromatic heterocycles. The van der Waals surface area contributed by atoms with E-state index >= 15 is 0 Å². The molecule has 1 unspecified atom stereocenters. The predicted molar refractivity (Wildman–Crippen MR) is 65.6 cm³/mol. The molecule has 0 rings (SSSR count). The van der Waals surface area contributed by atoms with E-state index < -0.39 is 11.7 Å². The van der Waals surface area contributed by atoms with Gasteiger partial charge in [0.1, 0.15) is 5.78 Å². The number of hydrogen-bond acceptors (Lipinski definition) is 4. The summed E-state index contributed by atoms with van der Waals surface area (Å²) in [7, 11) is 1.81. The first kappa shape index (κ1) is 15.8. The van der Waals surface area contributed by atoms with E-state index in [1.165, 1.54) is 6.92 Å². The van der Waals surface area contributed by atoms with Gasteiger partial charge in [0.15, 0.2) is 0 Å². The molecule has 0 heterocycles. The van der Waals surface area contributed by atoms with E-state index in [9.17, 15) is 14.4 Å². The summed E-state index contributed by atoms with van der Waals surface area (Å²) in [5.41, 5.74) is 0. The average Bonchev–Trinajstić information content (AvgIpc) is 2.30. The maximum absolute atomic E-state index is 11.8. The number of rotatable bonds is 9. The highest BCUT2D eigenvalue weighted by Crippen LogP contribution is 2.12. The lowest BCUT2D eigenvalue weighted by atomic mass is 9.94. The summed E-state index contributed by atoms with van der Waals surface area (Å²) >= 11 is 0. The molecule has 0 aromatic carbocycles. The topological polar surface area (TPSA) is 75.3 Å². The van der Waals surface area contributed by atoms with Gasteiger partial charge in [-0.25, -0.2) is 0 Å². The fraction of sp³-hybridized carbons (Fsp3) is 0.750. The first-order chi connectivity index (χ1) is 8.02. The second kappa shape index (κ2) is 8.87. The fourth-order valence-electron chi connectivity index (χ4n) is 1.55. The van der Waals surface area contributed by atoms with Crippen LogP contribution in [-0.2, 0) is 14.4 Å². The average molecular weight is 242 g/mol. The summed E-state index contributed by atoms with van der Waals surface area (Å²) in [5, 5.41) is 5.30. The van der Waals surface area contributed by atoms with E-state index in [4.69, 9.17) is 0 Å². The van der Waals surface area contributed by atoms with Crippen LogP contribution < -0.4 is 10.6 Å². The van der Waals surface area contributed by atoms with Crippen molar-refractivity contribution in [3.8, 4) is 0 Å². The highest BCUT2D eigenvalue weighted by atomic mass is 16.2. The zero-order valence-electron chi connectivity index (χ0n) is 10.8. The monoisotopic (exact) mass is 242 g/mol. The van der Waals surface area contributed by atoms with Crippen molar-refractivity contribution in [2.45, 2.75) is 33.1 Å². The minimum atomic E-state index is -0.644. The maximum Gasteiger partial charge on any atom is 0.288 e. The molecule has 0 radical (unpaired) electrons. The zero-order valence-corrected chi connectivity index (χ0v) is 10.8. The van der Waals surface area contributed by atoms with Crippen molar-refractivity contribution < 1.29 is 14.4 Å². The Labute approximate surface area is 102 Å². The number of hydrogen-bond donors (Lipinski definition) is 2. The van der Waals surface area contributed by atoms with Gasteiger partial charge in [-0.15, -0.1) is 0 Å². The zero-order chi connectivity index (χ0) is 13.3. The molecule has 0 saturated heterocycles. The molecular weight excluding hydrogens is 220 g/mol. The van der Waals surface area contributed by atoms with Gasteiger partial charge in [0.25, 0.3) is 5.91 Å². The van der Waals surface area contributed by atoms with Crippen molar-refractivity contribution in [1.29, 1.82) is 0 Å². The molecule has 0 fully saturated rings. The standard InChI is InChI=1S/C12H22N2O3/c1-4-5-10(6-7-13-3)11(16)12(17)14-8-9(2)15/h10,13H,4-8H2,1-3H3,(H,14,17). The van der Waals surface area contributed by atoms with Gasteiger partial charge in [-0.05, 0) is 33.4 Å². The van der Waals surface area contributed by atoms with Gasteiger partial charge in [-0.3, -0.25) is 14.4 Å². The number of Topliss-reactive ketones (excluding diaryl/α,β-unsaturated/α-hetero) is 2. The first-order valence-corrected chi connectivity index (χ1v) is 5.99. The Morgan fingerprint density at radius 2 is 1.82 bits per heavy atom. The summed E-state index contributed by atoms with van der Waals surface area (Å²) in [6, 6.07) is 0. The SMILES string of the molecule is CCCC(CCNC)C(=O)C(=O)NCC(C)=O. The third-order valence-electron chi connectivity index (χ3n) is 2.47. The lowest BCUT2D eigenvalue weighted by molar-refractivity contribution is -0.140. The minimum Gasteiger partial charge on any atom is -0.342 e. The van der Waals surface area contributed by atoms with Crippen LogP contribution in [0.4, 0.5) is 0 Å². The van der Waals surface area contributed by atoms with Crippen molar-refractivity contribution in [1.82, 2.24) is 10.6 Å². The Kier molecular flexibility index (Phi) is 8.23. The van der Waals surface area contributed by atoms with Crippen molar-refractivity contribution >= 4 is 17.5 Å². The quantitative estimate of drug-likeness (QED) is 0.570. The van der Waals surface area contributed by atoms with E-state index in [0.717, 1.165) is 6.42 Å². The Hall–Kier alpha value is -1.23. The lowest BCUT2D eigenvalue weighted by Crippen LogP contribution is -2.38. The third-order valence-corrected chi connectivity index (χ3v) is 2.47. The van der Waals surface area contributed by atoms with E-state index in [1.807, 2.05) is 14.0 Å². The van der Waals surface area contributed by atoms with Gasteiger partial charge in [-0.1, -0.05) is 13.3 Å². The molecule has 0 aliphatic rings. The van der Waals surface area contributed by atoms with E-state index in [2.05, 4.69) is 10.6 Å². The minimum absolute atomic E-state index is 0.0740. The van der Waals surface area contributed by atoms with Crippen LogP contribution in [0.1, 0.15) is 33.1 Å².